The fourth-order valence-electron chi connectivity index (χ4n) is 3.05. The quantitative estimate of drug-likeness (QED) is 0.385. The molecular weight excluding hydrogens is 404 g/mol. The Labute approximate surface area is 176 Å². The molecule has 0 radical (unpaired) electrons. The molecule has 0 amide bonds. The van der Waals surface area contributed by atoms with Crippen LogP contribution in [0.15, 0.2) is 72.8 Å². The Morgan fingerprint density at radius 2 is 1.48 bits per heavy atom. The lowest BCUT2D eigenvalue weighted by atomic mass is 10.0. The average Bonchev–Trinajstić information content (AvgIpc) is 3.23. The zero-order chi connectivity index (χ0) is 21.8. The van der Waals surface area contributed by atoms with Gasteiger partial charge in [-0.2, -0.15) is 8.78 Å². The summed E-state index contributed by atoms with van der Waals surface area (Å²) in [6.07, 6.45) is 0. The molecule has 0 spiro atoms. The van der Waals surface area contributed by atoms with Crippen molar-refractivity contribution in [2.45, 2.75) is 13.5 Å². The number of ketones is 1. The van der Waals surface area contributed by atoms with E-state index < -0.39 is 6.61 Å². The van der Waals surface area contributed by atoms with Crippen molar-refractivity contribution >= 4 is 5.78 Å². The monoisotopic (exact) mass is 421 g/mol. The second-order valence-corrected chi connectivity index (χ2v) is 6.66. The minimum Gasteiger partial charge on any atom is -0.436 e. The van der Waals surface area contributed by atoms with Crippen molar-refractivity contribution in [3.63, 3.8) is 0 Å². The maximum absolute atomic E-state index is 12.4. The summed E-state index contributed by atoms with van der Waals surface area (Å²) in [4.78, 5) is 11.5. The van der Waals surface area contributed by atoms with Gasteiger partial charge in [0.1, 0.15) is 11.5 Å². The van der Waals surface area contributed by atoms with Gasteiger partial charge in [0.25, 0.3) is 5.88 Å². The number of nitrogens with zero attached hydrogens (tertiary/aromatic N) is 2. The maximum atomic E-state index is 12.4. The van der Waals surface area contributed by atoms with Crippen LogP contribution in [0.2, 0.25) is 0 Å². The Morgan fingerprint density at radius 3 is 2.10 bits per heavy atom. The molecule has 8 heteroatoms. The maximum Gasteiger partial charge on any atom is 0.387 e. The van der Waals surface area contributed by atoms with E-state index >= 15 is 0 Å². The fraction of sp³-hybridized carbons (Fsp3) is 0.0870. The van der Waals surface area contributed by atoms with Gasteiger partial charge in [-0.3, -0.25) is 9.89 Å². The van der Waals surface area contributed by atoms with Crippen molar-refractivity contribution in [3.8, 4) is 39.6 Å². The molecule has 0 unspecified atom stereocenters. The van der Waals surface area contributed by atoms with Gasteiger partial charge in [0.15, 0.2) is 11.5 Å². The van der Waals surface area contributed by atoms with E-state index in [0.717, 1.165) is 22.3 Å². The van der Waals surface area contributed by atoms with Crippen LogP contribution < -0.4 is 9.47 Å². The lowest BCUT2D eigenvalue weighted by Crippen LogP contribution is -2.01. The number of benzene rings is 3. The summed E-state index contributed by atoms with van der Waals surface area (Å²) in [5, 5.41) is 9.88. The number of carbonyl (C=O) groups is 1. The fourth-order valence-corrected chi connectivity index (χ4v) is 3.05. The molecule has 156 valence electrons. The Bertz CT molecular complexity index is 1190. The first-order valence-electron chi connectivity index (χ1n) is 9.35. The molecule has 0 saturated carbocycles. The number of aromatic nitrogens is 3. The van der Waals surface area contributed by atoms with Crippen LogP contribution in [0.4, 0.5) is 8.78 Å². The molecule has 0 aliphatic carbocycles. The molecule has 0 aliphatic heterocycles. The van der Waals surface area contributed by atoms with Gasteiger partial charge in [0.2, 0.25) is 0 Å². The number of halogens is 2. The van der Waals surface area contributed by atoms with Gasteiger partial charge in [-0.15, -0.1) is 0 Å². The van der Waals surface area contributed by atoms with Gasteiger partial charge < -0.3 is 9.47 Å². The Balaban J connectivity index is 1.49. The third kappa shape index (κ3) is 4.75. The minimum atomic E-state index is -2.86. The van der Waals surface area contributed by atoms with E-state index in [1.807, 2.05) is 42.5 Å². The molecule has 6 nitrogen and oxygen atoms in total. The number of H-pyrrole nitrogens is 1. The molecule has 0 saturated heterocycles. The summed E-state index contributed by atoms with van der Waals surface area (Å²) in [7, 11) is 0. The number of aromatic amines is 1. The van der Waals surface area contributed by atoms with E-state index in [2.05, 4.69) is 20.1 Å². The van der Waals surface area contributed by atoms with Gasteiger partial charge in [0.05, 0.1) is 0 Å². The Hall–Kier alpha value is -4.07. The lowest BCUT2D eigenvalue weighted by Gasteiger charge is -2.09. The second kappa shape index (κ2) is 8.74. The number of hydrogen-bond donors (Lipinski definition) is 1. The smallest absolute Gasteiger partial charge is 0.387 e. The van der Waals surface area contributed by atoms with Crippen molar-refractivity contribution in [2.24, 2.45) is 0 Å². The van der Waals surface area contributed by atoms with Gasteiger partial charge in [-0.25, -0.2) is 0 Å². The first-order valence-corrected chi connectivity index (χ1v) is 9.35. The van der Waals surface area contributed by atoms with E-state index in [0.29, 0.717) is 5.75 Å². The van der Waals surface area contributed by atoms with E-state index in [1.54, 1.807) is 24.3 Å². The molecule has 1 N–H and O–H groups in total. The molecule has 0 bridgehead atoms. The van der Waals surface area contributed by atoms with Crippen LogP contribution in [0.5, 0.6) is 17.4 Å². The van der Waals surface area contributed by atoms with Crippen LogP contribution in [0, 0.1) is 0 Å². The first kappa shape index (κ1) is 20.2. The number of alkyl halides is 2. The van der Waals surface area contributed by atoms with Gasteiger partial charge >= 0.3 is 6.61 Å². The molecule has 0 atom stereocenters. The lowest BCUT2D eigenvalue weighted by molar-refractivity contribution is -0.0498. The highest BCUT2D eigenvalue weighted by Crippen LogP contribution is 2.29. The summed E-state index contributed by atoms with van der Waals surface area (Å²) in [6, 6.07) is 21.6. The van der Waals surface area contributed by atoms with Crippen LogP contribution in [-0.2, 0) is 0 Å². The largest absolute Gasteiger partial charge is 0.436 e. The zero-order valence-electron chi connectivity index (χ0n) is 16.4. The van der Waals surface area contributed by atoms with Crippen LogP contribution >= 0.6 is 0 Å². The van der Waals surface area contributed by atoms with Crippen LogP contribution in [0.1, 0.15) is 17.4 Å². The number of carbonyl (C=O) groups excluding carboxylic acids is 1. The Kier molecular flexibility index (Phi) is 5.70. The average molecular weight is 421 g/mol. The predicted octanol–water partition coefficient (Wildman–Crippen LogP) is 5.74. The summed E-state index contributed by atoms with van der Waals surface area (Å²) >= 11 is 0. The highest BCUT2D eigenvalue weighted by Gasteiger charge is 2.14. The molecule has 31 heavy (non-hydrogen) atoms. The molecule has 1 heterocycles. The van der Waals surface area contributed by atoms with Crippen molar-refractivity contribution in [1.29, 1.82) is 0 Å². The number of Topliss-reactive ketones (excluding diaryl/α,β-unsaturated/α-hetero) is 1. The zero-order valence-corrected chi connectivity index (χ0v) is 16.4. The van der Waals surface area contributed by atoms with Crippen molar-refractivity contribution in [3.05, 3.63) is 78.5 Å². The van der Waals surface area contributed by atoms with Crippen molar-refractivity contribution in [1.82, 2.24) is 15.4 Å². The number of ether oxygens (including phenoxy) is 2. The predicted molar refractivity (Wildman–Crippen MR) is 110 cm³/mol. The van der Waals surface area contributed by atoms with E-state index in [9.17, 15) is 13.6 Å². The second-order valence-electron chi connectivity index (χ2n) is 6.66. The first-order chi connectivity index (χ1) is 15.0. The summed E-state index contributed by atoms with van der Waals surface area (Å²) in [5.74, 6) is 0.547. The van der Waals surface area contributed by atoms with Crippen molar-refractivity contribution in [2.75, 3.05) is 0 Å². The highest BCUT2D eigenvalue weighted by atomic mass is 19.3. The molecule has 0 aliphatic rings. The number of rotatable bonds is 7. The van der Waals surface area contributed by atoms with E-state index in [1.165, 1.54) is 13.0 Å². The third-order valence-corrected chi connectivity index (χ3v) is 4.55. The summed E-state index contributed by atoms with van der Waals surface area (Å²) in [6.45, 7) is -1.46. The van der Waals surface area contributed by atoms with Gasteiger partial charge in [0, 0.05) is 6.92 Å². The molecular formula is C23H17F2N3O3. The number of nitrogens with one attached hydrogen (secondary N) is 1. The number of hydrogen-bond acceptors (Lipinski definition) is 5. The van der Waals surface area contributed by atoms with E-state index in [-0.39, 0.29) is 23.1 Å². The molecule has 3 aromatic carbocycles. The Morgan fingerprint density at radius 1 is 0.871 bits per heavy atom. The molecule has 4 aromatic rings. The summed E-state index contributed by atoms with van der Waals surface area (Å²) in [5.41, 5.74) is 3.80. The molecule has 4 rings (SSSR count). The molecule has 1 aromatic heterocycles. The topological polar surface area (TPSA) is 77.1 Å². The van der Waals surface area contributed by atoms with Gasteiger partial charge in [-0.1, -0.05) is 58.8 Å². The van der Waals surface area contributed by atoms with Crippen molar-refractivity contribution < 1.29 is 23.0 Å². The third-order valence-electron chi connectivity index (χ3n) is 4.55. The van der Waals surface area contributed by atoms with Crippen LogP contribution in [0.3, 0.4) is 0 Å². The normalized spacial score (nSPS) is 10.8. The highest BCUT2D eigenvalue weighted by molar-refractivity contribution is 5.94. The molecule has 0 fully saturated rings. The van der Waals surface area contributed by atoms with E-state index in [4.69, 9.17) is 4.74 Å². The minimum absolute atomic E-state index is 0.118. The SMILES string of the molecule is CC(=O)c1[nH]nnc1Oc1ccc(-c2ccc(-c3cccc(OC(F)F)c3)cc2)cc1. The van der Waals surface area contributed by atoms with Gasteiger partial charge in [-0.05, 0) is 46.5 Å². The van der Waals surface area contributed by atoms with Crippen LogP contribution in [0.25, 0.3) is 22.3 Å². The summed E-state index contributed by atoms with van der Waals surface area (Å²) < 4.78 is 35.0. The van der Waals surface area contributed by atoms with Crippen LogP contribution in [-0.4, -0.2) is 27.8 Å². The standard InChI is InChI=1S/C23H17F2N3O3/c1-14(29)21-22(27-28-26-21)30-19-11-9-16(10-12-19)15-5-7-17(8-6-15)18-3-2-4-20(13-18)31-23(24)25/h2-13,23H,1H3,(H,26,27,28).